The molecule has 0 aliphatic rings. The van der Waals surface area contributed by atoms with E-state index in [1.165, 1.54) is 12.1 Å². The molecule has 0 radical (unpaired) electrons. The van der Waals surface area contributed by atoms with E-state index < -0.39 is 26.6 Å². The number of hydrogen-bond donors (Lipinski definition) is 2. The highest BCUT2D eigenvalue weighted by molar-refractivity contribution is 14.1. The van der Waals surface area contributed by atoms with E-state index in [2.05, 4.69) is 4.72 Å². The van der Waals surface area contributed by atoms with Crippen LogP contribution in [0.2, 0.25) is 0 Å². The van der Waals surface area contributed by atoms with Gasteiger partial charge in [0, 0.05) is 14.9 Å². The third-order valence-electron chi connectivity index (χ3n) is 2.37. The van der Waals surface area contributed by atoms with Crippen LogP contribution in [0.4, 0.5) is 20.2 Å². The molecule has 0 atom stereocenters. The summed E-state index contributed by atoms with van der Waals surface area (Å²) in [5.41, 5.74) is 5.28. The van der Waals surface area contributed by atoms with Crippen molar-refractivity contribution in [3.63, 3.8) is 0 Å². The van der Waals surface area contributed by atoms with Crippen molar-refractivity contribution < 1.29 is 17.2 Å². The van der Waals surface area contributed by atoms with E-state index >= 15 is 0 Å². The second kappa shape index (κ2) is 5.52. The van der Waals surface area contributed by atoms with Gasteiger partial charge in [0.2, 0.25) is 0 Å². The van der Waals surface area contributed by atoms with Gasteiger partial charge in [-0.05, 0) is 52.9 Å². The Morgan fingerprint density at radius 1 is 1.10 bits per heavy atom. The van der Waals surface area contributed by atoms with E-state index in [0.29, 0.717) is 0 Å². The van der Waals surface area contributed by atoms with Gasteiger partial charge in [-0.25, -0.2) is 17.2 Å². The van der Waals surface area contributed by atoms with E-state index in [1.807, 2.05) is 22.6 Å². The number of nitrogen functional groups attached to an aromatic ring is 1. The zero-order valence-corrected chi connectivity index (χ0v) is 12.9. The Balaban J connectivity index is 2.46. The van der Waals surface area contributed by atoms with Gasteiger partial charge in [0.25, 0.3) is 10.0 Å². The van der Waals surface area contributed by atoms with Crippen LogP contribution in [0.1, 0.15) is 0 Å². The van der Waals surface area contributed by atoms with Crippen LogP contribution >= 0.6 is 22.6 Å². The quantitative estimate of drug-likeness (QED) is 0.604. The van der Waals surface area contributed by atoms with E-state index in [-0.39, 0.29) is 11.4 Å². The van der Waals surface area contributed by atoms with Crippen LogP contribution in [-0.4, -0.2) is 8.42 Å². The average Bonchev–Trinajstić information content (AvgIpc) is 2.25. The summed E-state index contributed by atoms with van der Waals surface area (Å²) >= 11 is 1.99. The number of benzene rings is 2. The molecule has 2 rings (SSSR count). The molecule has 0 fully saturated rings. The Labute approximate surface area is 128 Å². The zero-order valence-electron chi connectivity index (χ0n) is 9.90. The van der Waals surface area contributed by atoms with Gasteiger partial charge in [-0.3, -0.25) is 4.72 Å². The summed E-state index contributed by atoms with van der Waals surface area (Å²) < 4.78 is 54.3. The van der Waals surface area contributed by atoms with E-state index in [0.717, 1.165) is 15.7 Å². The first kappa shape index (κ1) is 15.0. The third kappa shape index (κ3) is 3.18. The molecule has 4 nitrogen and oxygen atoms in total. The SMILES string of the molecule is Nc1cc(F)c(S(=O)(=O)Nc2cccc(I)c2)c(F)c1. The van der Waals surface area contributed by atoms with E-state index in [9.17, 15) is 17.2 Å². The van der Waals surface area contributed by atoms with Gasteiger partial charge in [0.05, 0.1) is 0 Å². The molecule has 0 saturated carbocycles. The van der Waals surface area contributed by atoms with Gasteiger partial charge >= 0.3 is 0 Å². The Hall–Kier alpha value is -1.42. The molecule has 2 aromatic rings. The monoisotopic (exact) mass is 410 g/mol. The molecule has 3 N–H and O–H groups in total. The first-order chi connectivity index (χ1) is 9.29. The van der Waals surface area contributed by atoms with Gasteiger partial charge in [0.15, 0.2) is 4.90 Å². The minimum atomic E-state index is -4.37. The highest BCUT2D eigenvalue weighted by Crippen LogP contribution is 2.24. The number of nitrogens with two attached hydrogens (primary N) is 1. The molecule has 0 spiro atoms. The number of halogens is 3. The summed E-state index contributed by atoms with van der Waals surface area (Å²) in [6.45, 7) is 0. The molecule has 8 heteroatoms. The first-order valence-electron chi connectivity index (χ1n) is 5.32. The molecule has 2 aromatic carbocycles. The van der Waals surface area contributed by atoms with Gasteiger partial charge < -0.3 is 5.73 Å². The molecule has 0 heterocycles. The lowest BCUT2D eigenvalue weighted by Gasteiger charge is -2.10. The van der Waals surface area contributed by atoms with Crippen LogP contribution in [0.15, 0.2) is 41.3 Å². The smallest absolute Gasteiger partial charge is 0.267 e. The van der Waals surface area contributed by atoms with Gasteiger partial charge in [-0.15, -0.1) is 0 Å². The maximum atomic E-state index is 13.6. The van der Waals surface area contributed by atoms with Crippen LogP contribution < -0.4 is 10.5 Å². The summed E-state index contributed by atoms with van der Waals surface area (Å²) in [4.78, 5) is -1.05. The minimum absolute atomic E-state index is 0.187. The average molecular weight is 410 g/mol. The third-order valence-corrected chi connectivity index (χ3v) is 4.47. The molecule has 20 heavy (non-hydrogen) atoms. The number of hydrogen-bond acceptors (Lipinski definition) is 3. The molecular weight excluding hydrogens is 401 g/mol. The van der Waals surface area contributed by atoms with Crippen molar-refractivity contribution in [3.8, 4) is 0 Å². The minimum Gasteiger partial charge on any atom is -0.399 e. The summed E-state index contributed by atoms with van der Waals surface area (Å²) in [6, 6.07) is 7.90. The van der Waals surface area contributed by atoms with Gasteiger partial charge in [-0.1, -0.05) is 6.07 Å². The van der Waals surface area contributed by atoms with Crippen molar-refractivity contribution in [2.45, 2.75) is 4.90 Å². The second-order valence-corrected chi connectivity index (χ2v) is 6.79. The van der Waals surface area contributed by atoms with E-state index in [4.69, 9.17) is 5.73 Å². The first-order valence-corrected chi connectivity index (χ1v) is 7.89. The number of nitrogens with one attached hydrogen (secondary N) is 1. The maximum absolute atomic E-state index is 13.6. The van der Waals surface area contributed by atoms with Crippen molar-refractivity contribution in [1.29, 1.82) is 0 Å². The Bertz CT molecular complexity index is 743. The van der Waals surface area contributed by atoms with Crippen molar-refractivity contribution in [1.82, 2.24) is 0 Å². The van der Waals surface area contributed by atoms with Crippen molar-refractivity contribution in [2.75, 3.05) is 10.5 Å². The largest absolute Gasteiger partial charge is 0.399 e. The van der Waals surface area contributed by atoms with Crippen LogP contribution in [0.5, 0.6) is 0 Å². The molecule has 0 saturated heterocycles. The summed E-state index contributed by atoms with van der Waals surface area (Å²) in [6.07, 6.45) is 0. The lowest BCUT2D eigenvalue weighted by molar-refractivity contribution is 0.522. The lowest BCUT2D eigenvalue weighted by atomic mass is 10.3. The van der Waals surface area contributed by atoms with Gasteiger partial charge in [0.1, 0.15) is 11.6 Å². The predicted octanol–water partition coefficient (Wildman–Crippen LogP) is 2.95. The fourth-order valence-electron chi connectivity index (χ4n) is 1.59. The molecule has 0 unspecified atom stereocenters. The normalized spacial score (nSPS) is 11.3. The highest BCUT2D eigenvalue weighted by Gasteiger charge is 2.24. The van der Waals surface area contributed by atoms with Crippen LogP contribution in [0.3, 0.4) is 0 Å². The Kier molecular flexibility index (Phi) is 4.14. The standard InChI is InChI=1S/C12H9F2IN2O2S/c13-10-5-8(16)6-11(14)12(10)20(18,19)17-9-3-1-2-7(15)4-9/h1-6,17H,16H2. The predicted molar refractivity (Wildman–Crippen MR) is 80.7 cm³/mol. The second-order valence-electron chi connectivity index (χ2n) is 3.93. The highest BCUT2D eigenvalue weighted by atomic mass is 127. The Morgan fingerprint density at radius 3 is 2.25 bits per heavy atom. The summed E-state index contributed by atoms with van der Waals surface area (Å²) in [5.74, 6) is -2.47. The lowest BCUT2D eigenvalue weighted by Crippen LogP contribution is -2.16. The van der Waals surface area contributed by atoms with Gasteiger partial charge in [-0.2, -0.15) is 0 Å². The number of anilines is 2. The molecule has 0 aliphatic carbocycles. The van der Waals surface area contributed by atoms with Crippen molar-refractivity contribution in [3.05, 3.63) is 51.6 Å². The topological polar surface area (TPSA) is 72.2 Å². The van der Waals surface area contributed by atoms with Crippen molar-refractivity contribution in [2.24, 2.45) is 0 Å². The van der Waals surface area contributed by atoms with Crippen molar-refractivity contribution >= 4 is 44.0 Å². The molecular formula is C12H9F2IN2O2S. The molecule has 0 amide bonds. The van der Waals surface area contributed by atoms with Crippen LogP contribution in [-0.2, 0) is 10.0 Å². The molecule has 0 aromatic heterocycles. The summed E-state index contributed by atoms with van der Waals surface area (Å²) in [5, 5.41) is 0. The molecule has 0 bridgehead atoms. The fraction of sp³-hybridized carbons (Fsp3) is 0. The number of sulfonamides is 1. The maximum Gasteiger partial charge on any atom is 0.267 e. The van der Waals surface area contributed by atoms with Crippen LogP contribution in [0, 0.1) is 15.2 Å². The Morgan fingerprint density at radius 2 is 1.70 bits per heavy atom. The summed E-state index contributed by atoms with van der Waals surface area (Å²) in [7, 11) is -4.37. The van der Waals surface area contributed by atoms with E-state index in [1.54, 1.807) is 12.1 Å². The fourth-order valence-corrected chi connectivity index (χ4v) is 3.31. The van der Waals surface area contributed by atoms with Crippen LogP contribution in [0.25, 0.3) is 0 Å². The molecule has 106 valence electrons. The zero-order chi connectivity index (χ0) is 14.9. The number of rotatable bonds is 3. The molecule has 0 aliphatic heterocycles.